The van der Waals surface area contributed by atoms with Crippen LogP contribution in [0.25, 0.3) is 0 Å². The zero-order chi connectivity index (χ0) is 17.6. The first kappa shape index (κ1) is 16.9. The highest BCUT2D eigenvalue weighted by Gasteiger charge is 2.23. The molecule has 0 saturated heterocycles. The van der Waals surface area contributed by atoms with Crippen molar-refractivity contribution in [3.8, 4) is 0 Å². The summed E-state index contributed by atoms with van der Waals surface area (Å²) in [5.74, 6) is 0.0652. The summed E-state index contributed by atoms with van der Waals surface area (Å²) in [5.41, 5.74) is 2.86. The van der Waals surface area contributed by atoms with Crippen molar-refractivity contribution in [1.82, 2.24) is 15.1 Å². The summed E-state index contributed by atoms with van der Waals surface area (Å²) in [4.78, 5) is 15.0. The number of carbonyl (C=O) groups is 1. The number of hydrogen-bond donors (Lipinski definition) is 2. The number of benzene rings is 2. The number of H-pyrrole nitrogens is 1. The van der Waals surface area contributed by atoms with E-state index in [9.17, 15) is 4.79 Å². The molecule has 0 atom stereocenters. The Labute approximate surface area is 147 Å². The molecule has 0 spiro atoms. The second-order valence-corrected chi connectivity index (χ2v) is 6.26. The summed E-state index contributed by atoms with van der Waals surface area (Å²) in [6.07, 6.45) is 0. The average molecular weight is 334 g/mol. The fourth-order valence-corrected chi connectivity index (χ4v) is 2.83. The molecular formula is C20H22N4O. The van der Waals surface area contributed by atoms with Gasteiger partial charge in [0.1, 0.15) is 0 Å². The van der Waals surface area contributed by atoms with E-state index in [2.05, 4.69) is 15.5 Å². The molecule has 2 N–H and O–H groups in total. The number of aromatic amines is 1. The number of amides is 1. The quantitative estimate of drug-likeness (QED) is 0.727. The van der Waals surface area contributed by atoms with Gasteiger partial charge >= 0.3 is 0 Å². The van der Waals surface area contributed by atoms with Crippen molar-refractivity contribution in [1.29, 1.82) is 0 Å². The van der Waals surface area contributed by atoms with Crippen LogP contribution >= 0.6 is 0 Å². The highest BCUT2D eigenvalue weighted by atomic mass is 16.2. The van der Waals surface area contributed by atoms with Crippen LogP contribution in [-0.2, 0) is 11.3 Å². The molecule has 0 aliphatic rings. The van der Waals surface area contributed by atoms with Crippen LogP contribution in [0.3, 0.4) is 0 Å². The van der Waals surface area contributed by atoms with Crippen molar-refractivity contribution < 1.29 is 4.79 Å². The van der Waals surface area contributed by atoms with Gasteiger partial charge in [-0.25, -0.2) is 0 Å². The van der Waals surface area contributed by atoms with E-state index < -0.39 is 0 Å². The zero-order valence-corrected chi connectivity index (χ0v) is 14.4. The Bertz CT molecular complexity index is 772. The Balaban J connectivity index is 1.84. The van der Waals surface area contributed by atoms with E-state index in [1.54, 1.807) is 0 Å². The number of rotatable bonds is 6. The van der Waals surface area contributed by atoms with E-state index in [4.69, 9.17) is 0 Å². The number of nitrogens with zero attached hydrogens (tertiary/aromatic N) is 2. The van der Waals surface area contributed by atoms with Crippen LogP contribution in [0.1, 0.15) is 22.7 Å². The third kappa shape index (κ3) is 4.33. The summed E-state index contributed by atoms with van der Waals surface area (Å²) in [6, 6.07) is 21.4. The maximum atomic E-state index is 13.0. The molecule has 0 aliphatic carbocycles. The minimum Gasteiger partial charge on any atom is -0.308 e. The zero-order valence-electron chi connectivity index (χ0n) is 14.4. The SMILES string of the molecule is CN(C)Cc1cc(NC(=O)C(c2ccccc2)c2ccccc2)n[nH]1. The van der Waals surface area contributed by atoms with Gasteiger partial charge in [-0.2, -0.15) is 5.10 Å². The average Bonchev–Trinajstić information content (AvgIpc) is 3.03. The lowest BCUT2D eigenvalue weighted by Crippen LogP contribution is -2.22. The van der Waals surface area contributed by atoms with Gasteiger partial charge in [0, 0.05) is 12.6 Å². The number of aromatic nitrogens is 2. The molecule has 25 heavy (non-hydrogen) atoms. The largest absolute Gasteiger partial charge is 0.308 e. The molecule has 5 nitrogen and oxygen atoms in total. The van der Waals surface area contributed by atoms with Crippen LogP contribution in [0.2, 0.25) is 0 Å². The molecule has 3 rings (SSSR count). The summed E-state index contributed by atoms with van der Waals surface area (Å²) in [7, 11) is 3.97. The number of hydrogen-bond acceptors (Lipinski definition) is 3. The fourth-order valence-electron chi connectivity index (χ4n) is 2.83. The van der Waals surface area contributed by atoms with E-state index in [0.29, 0.717) is 5.82 Å². The van der Waals surface area contributed by atoms with Crippen LogP contribution in [0.4, 0.5) is 5.82 Å². The minimum atomic E-state index is -0.378. The lowest BCUT2D eigenvalue weighted by molar-refractivity contribution is -0.116. The first-order valence-corrected chi connectivity index (χ1v) is 8.23. The predicted molar refractivity (Wildman–Crippen MR) is 99.3 cm³/mol. The lowest BCUT2D eigenvalue weighted by atomic mass is 9.90. The first-order chi connectivity index (χ1) is 12.1. The number of anilines is 1. The molecule has 128 valence electrons. The van der Waals surface area contributed by atoms with Gasteiger partial charge in [0.05, 0.1) is 11.6 Å². The van der Waals surface area contributed by atoms with Crippen molar-refractivity contribution in [2.75, 3.05) is 19.4 Å². The second-order valence-electron chi connectivity index (χ2n) is 6.26. The van der Waals surface area contributed by atoms with E-state index in [0.717, 1.165) is 23.4 Å². The molecule has 2 aromatic carbocycles. The standard InChI is InChI=1S/C20H22N4O/c1-24(2)14-17-13-18(23-22-17)21-20(25)19(15-9-5-3-6-10-15)16-11-7-4-8-12-16/h3-13,19H,14H2,1-2H3,(H2,21,22,23,25). The first-order valence-electron chi connectivity index (χ1n) is 8.23. The molecule has 1 amide bonds. The molecule has 0 aliphatic heterocycles. The normalized spacial score (nSPS) is 11.0. The van der Waals surface area contributed by atoms with E-state index >= 15 is 0 Å². The summed E-state index contributed by atoms with van der Waals surface area (Å²) >= 11 is 0. The third-order valence-electron chi connectivity index (χ3n) is 3.90. The molecule has 1 heterocycles. The van der Waals surface area contributed by atoms with Gasteiger partial charge in [0.15, 0.2) is 5.82 Å². The highest BCUT2D eigenvalue weighted by molar-refractivity contribution is 5.97. The number of nitrogens with one attached hydrogen (secondary N) is 2. The van der Waals surface area contributed by atoms with Gasteiger partial charge in [0.2, 0.25) is 5.91 Å². The van der Waals surface area contributed by atoms with Crippen LogP contribution in [0.15, 0.2) is 66.7 Å². The third-order valence-corrected chi connectivity index (χ3v) is 3.90. The van der Waals surface area contributed by atoms with Gasteiger partial charge in [-0.15, -0.1) is 0 Å². The molecule has 0 fully saturated rings. The Morgan fingerprint density at radius 2 is 1.60 bits per heavy atom. The van der Waals surface area contributed by atoms with E-state index in [1.807, 2.05) is 85.7 Å². The molecule has 0 saturated carbocycles. The van der Waals surface area contributed by atoms with E-state index in [-0.39, 0.29) is 11.8 Å². The Kier molecular flexibility index (Phi) is 5.26. The van der Waals surface area contributed by atoms with Gasteiger partial charge in [0.25, 0.3) is 0 Å². The summed E-state index contributed by atoms with van der Waals surface area (Å²) in [5, 5.41) is 10.1. The van der Waals surface area contributed by atoms with Crippen LogP contribution in [0, 0.1) is 0 Å². The van der Waals surface area contributed by atoms with Gasteiger partial charge in [-0.05, 0) is 25.2 Å². The van der Waals surface area contributed by atoms with Crippen molar-refractivity contribution >= 4 is 11.7 Å². The van der Waals surface area contributed by atoms with Crippen molar-refractivity contribution in [2.45, 2.75) is 12.5 Å². The lowest BCUT2D eigenvalue weighted by Gasteiger charge is -2.17. The van der Waals surface area contributed by atoms with Crippen molar-refractivity contribution in [3.63, 3.8) is 0 Å². The Morgan fingerprint density at radius 1 is 1.04 bits per heavy atom. The fraction of sp³-hybridized carbons (Fsp3) is 0.200. The molecule has 3 aromatic rings. The van der Waals surface area contributed by atoms with Gasteiger partial charge in [-0.3, -0.25) is 9.89 Å². The van der Waals surface area contributed by atoms with Crippen LogP contribution in [0.5, 0.6) is 0 Å². The maximum Gasteiger partial charge on any atom is 0.237 e. The topological polar surface area (TPSA) is 61.0 Å². The molecular weight excluding hydrogens is 312 g/mol. The van der Waals surface area contributed by atoms with Gasteiger partial charge in [-0.1, -0.05) is 60.7 Å². The second kappa shape index (κ2) is 7.77. The van der Waals surface area contributed by atoms with Crippen molar-refractivity contribution in [2.24, 2.45) is 0 Å². The van der Waals surface area contributed by atoms with E-state index in [1.165, 1.54) is 0 Å². The highest BCUT2D eigenvalue weighted by Crippen LogP contribution is 2.26. The van der Waals surface area contributed by atoms with Gasteiger partial charge < -0.3 is 10.2 Å². The molecule has 0 radical (unpaired) electrons. The monoisotopic (exact) mass is 334 g/mol. The van der Waals surface area contributed by atoms with Crippen LogP contribution in [-0.4, -0.2) is 35.1 Å². The smallest absolute Gasteiger partial charge is 0.237 e. The Morgan fingerprint density at radius 3 is 2.12 bits per heavy atom. The summed E-state index contributed by atoms with van der Waals surface area (Å²) in [6.45, 7) is 0.740. The maximum absolute atomic E-state index is 13.0. The molecule has 0 bridgehead atoms. The number of carbonyl (C=O) groups excluding carboxylic acids is 1. The van der Waals surface area contributed by atoms with Crippen molar-refractivity contribution in [3.05, 3.63) is 83.6 Å². The molecule has 0 unspecified atom stereocenters. The summed E-state index contributed by atoms with van der Waals surface area (Å²) < 4.78 is 0. The Hall–Kier alpha value is -2.92. The molecule has 1 aromatic heterocycles. The predicted octanol–water partition coefficient (Wildman–Crippen LogP) is 3.24. The minimum absolute atomic E-state index is 0.0969. The molecule has 5 heteroatoms. The van der Waals surface area contributed by atoms with Crippen LogP contribution < -0.4 is 5.32 Å².